The zero-order valence-corrected chi connectivity index (χ0v) is 15.4. The van der Waals surface area contributed by atoms with Gasteiger partial charge in [0.1, 0.15) is 11.5 Å². The molecule has 1 heterocycles. The van der Waals surface area contributed by atoms with Crippen molar-refractivity contribution in [3.63, 3.8) is 0 Å². The highest BCUT2D eigenvalue weighted by Crippen LogP contribution is 2.23. The summed E-state index contributed by atoms with van der Waals surface area (Å²) < 4.78 is 10.9. The van der Waals surface area contributed by atoms with Gasteiger partial charge in [0.25, 0.3) is 5.91 Å². The summed E-state index contributed by atoms with van der Waals surface area (Å²) in [7, 11) is 0. The lowest BCUT2D eigenvalue weighted by Crippen LogP contribution is -2.35. The van der Waals surface area contributed by atoms with Crippen LogP contribution < -0.4 is 19.7 Å². The monoisotopic (exact) mass is 368 g/mol. The van der Waals surface area contributed by atoms with Crippen molar-refractivity contribution in [2.24, 2.45) is 0 Å². The Morgan fingerprint density at radius 1 is 1.00 bits per heavy atom. The van der Waals surface area contributed by atoms with E-state index in [1.807, 2.05) is 19.1 Å². The fourth-order valence-electron chi connectivity index (χ4n) is 2.95. The number of nitrogens with one attached hydrogen (secondary N) is 1. The molecule has 0 atom stereocenters. The number of nitrogens with zero attached hydrogens (tertiary/aromatic N) is 1. The van der Waals surface area contributed by atoms with Crippen molar-refractivity contribution >= 4 is 23.2 Å². The second kappa shape index (κ2) is 9.07. The van der Waals surface area contributed by atoms with E-state index in [-0.39, 0.29) is 18.4 Å². The van der Waals surface area contributed by atoms with Gasteiger partial charge in [-0.25, -0.2) is 0 Å². The maximum Gasteiger partial charge on any atom is 0.262 e. The maximum atomic E-state index is 12.1. The highest BCUT2D eigenvalue weighted by molar-refractivity contribution is 5.95. The van der Waals surface area contributed by atoms with Crippen LogP contribution in [0.5, 0.6) is 11.5 Å². The smallest absolute Gasteiger partial charge is 0.262 e. The third kappa shape index (κ3) is 5.23. The summed E-state index contributed by atoms with van der Waals surface area (Å²) in [6.07, 6.45) is 2.58. The van der Waals surface area contributed by atoms with Gasteiger partial charge in [0, 0.05) is 24.3 Å². The van der Waals surface area contributed by atoms with Crippen LogP contribution in [-0.2, 0) is 9.59 Å². The van der Waals surface area contributed by atoms with Crippen LogP contribution in [0.2, 0.25) is 0 Å². The fourth-order valence-corrected chi connectivity index (χ4v) is 2.95. The molecule has 1 aliphatic rings. The average Bonchev–Trinajstić information content (AvgIpc) is 2.69. The summed E-state index contributed by atoms with van der Waals surface area (Å²) in [5, 5.41) is 2.79. The Morgan fingerprint density at radius 3 is 2.30 bits per heavy atom. The largest absolute Gasteiger partial charge is 0.494 e. The minimum absolute atomic E-state index is 0.0830. The molecule has 1 aliphatic heterocycles. The lowest BCUT2D eigenvalue weighted by molar-refractivity contribution is -0.119. The second-order valence-electron chi connectivity index (χ2n) is 6.29. The minimum Gasteiger partial charge on any atom is -0.494 e. The number of anilines is 2. The number of hydrogen-bond donors (Lipinski definition) is 1. The molecule has 2 aromatic rings. The minimum atomic E-state index is -0.245. The summed E-state index contributed by atoms with van der Waals surface area (Å²) in [4.78, 5) is 25.8. The molecule has 1 N–H and O–H groups in total. The van der Waals surface area contributed by atoms with Crippen molar-refractivity contribution in [3.8, 4) is 11.5 Å². The lowest BCUT2D eigenvalue weighted by Gasteiger charge is -2.26. The van der Waals surface area contributed by atoms with Gasteiger partial charge in [-0.1, -0.05) is 0 Å². The molecule has 0 unspecified atom stereocenters. The van der Waals surface area contributed by atoms with Gasteiger partial charge in [-0.15, -0.1) is 0 Å². The molecule has 0 spiro atoms. The molecular weight excluding hydrogens is 344 g/mol. The number of benzene rings is 2. The number of ether oxygens (including phenoxy) is 2. The van der Waals surface area contributed by atoms with Crippen LogP contribution in [0.1, 0.15) is 26.2 Å². The van der Waals surface area contributed by atoms with E-state index < -0.39 is 0 Å². The van der Waals surface area contributed by atoms with E-state index in [9.17, 15) is 9.59 Å². The summed E-state index contributed by atoms with van der Waals surface area (Å²) >= 11 is 0. The number of amides is 2. The molecule has 1 saturated heterocycles. The first-order valence-electron chi connectivity index (χ1n) is 9.21. The Balaban J connectivity index is 1.49. The molecule has 6 nitrogen and oxygen atoms in total. The summed E-state index contributed by atoms with van der Waals surface area (Å²) in [6.45, 7) is 3.19. The standard InChI is InChI=1S/C21H24N2O4/c1-2-26-18-10-12-19(13-11-18)27-15-20(24)22-16-6-8-17(9-7-16)23-14-4-3-5-21(23)25/h6-13H,2-5,14-15H2,1H3,(H,22,24). The van der Waals surface area contributed by atoms with Gasteiger partial charge in [-0.3, -0.25) is 9.59 Å². The highest BCUT2D eigenvalue weighted by atomic mass is 16.5. The van der Waals surface area contributed by atoms with Crippen molar-refractivity contribution in [3.05, 3.63) is 48.5 Å². The van der Waals surface area contributed by atoms with Crippen molar-refractivity contribution in [1.29, 1.82) is 0 Å². The van der Waals surface area contributed by atoms with E-state index in [2.05, 4.69) is 5.32 Å². The van der Waals surface area contributed by atoms with Crippen LogP contribution in [0, 0.1) is 0 Å². The topological polar surface area (TPSA) is 67.9 Å². The molecule has 3 rings (SSSR count). The highest BCUT2D eigenvalue weighted by Gasteiger charge is 2.19. The molecule has 0 aromatic heterocycles. The van der Waals surface area contributed by atoms with Crippen molar-refractivity contribution in [2.45, 2.75) is 26.2 Å². The zero-order valence-electron chi connectivity index (χ0n) is 15.4. The van der Waals surface area contributed by atoms with Gasteiger partial charge < -0.3 is 19.7 Å². The second-order valence-corrected chi connectivity index (χ2v) is 6.29. The Labute approximate surface area is 159 Å². The van der Waals surface area contributed by atoms with E-state index in [1.165, 1.54) is 0 Å². The van der Waals surface area contributed by atoms with Crippen LogP contribution in [0.4, 0.5) is 11.4 Å². The van der Waals surface area contributed by atoms with Crippen molar-refractivity contribution < 1.29 is 19.1 Å². The molecule has 2 aromatic carbocycles. The number of carbonyl (C=O) groups is 2. The zero-order chi connectivity index (χ0) is 19.1. The third-order valence-corrected chi connectivity index (χ3v) is 4.29. The van der Waals surface area contributed by atoms with Gasteiger partial charge in [0.05, 0.1) is 6.61 Å². The van der Waals surface area contributed by atoms with E-state index in [0.717, 1.165) is 30.8 Å². The quantitative estimate of drug-likeness (QED) is 0.810. The molecule has 1 fully saturated rings. The molecule has 27 heavy (non-hydrogen) atoms. The average molecular weight is 368 g/mol. The number of hydrogen-bond acceptors (Lipinski definition) is 4. The molecule has 142 valence electrons. The Kier molecular flexibility index (Phi) is 6.30. The summed E-state index contributed by atoms with van der Waals surface area (Å²) in [6, 6.07) is 14.4. The number of piperidine rings is 1. The first kappa shape index (κ1) is 18.8. The first-order valence-corrected chi connectivity index (χ1v) is 9.21. The van der Waals surface area contributed by atoms with Gasteiger partial charge >= 0.3 is 0 Å². The number of carbonyl (C=O) groups excluding carboxylic acids is 2. The first-order chi connectivity index (χ1) is 13.2. The SMILES string of the molecule is CCOc1ccc(OCC(=O)Nc2ccc(N3CCCCC3=O)cc2)cc1. The lowest BCUT2D eigenvalue weighted by atomic mass is 10.1. The molecule has 0 radical (unpaired) electrons. The van der Waals surface area contributed by atoms with Gasteiger partial charge in [-0.05, 0) is 68.3 Å². The normalized spacial score (nSPS) is 14.0. The summed E-state index contributed by atoms with van der Waals surface area (Å²) in [5.41, 5.74) is 1.53. The predicted molar refractivity (Wildman–Crippen MR) is 104 cm³/mol. The Bertz CT molecular complexity index is 772. The van der Waals surface area contributed by atoms with Crippen LogP contribution in [0.25, 0.3) is 0 Å². The molecule has 6 heteroatoms. The van der Waals surface area contributed by atoms with Gasteiger partial charge in [0.2, 0.25) is 5.91 Å². The Morgan fingerprint density at radius 2 is 1.67 bits per heavy atom. The van der Waals surface area contributed by atoms with Crippen molar-refractivity contribution in [1.82, 2.24) is 0 Å². The molecular formula is C21H24N2O4. The third-order valence-electron chi connectivity index (χ3n) is 4.29. The molecule has 0 aliphatic carbocycles. The molecule has 2 amide bonds. The van der Waals surface area contributed by atoms with E-state index in [4.69, 9.17) is 9.47 Å². The molecule has 0 saturated carbocycles. The van der Waals surface area contributed by atoms with E-state index >= 15 is 0 Å². The molecule has 0 bridgehead atoms. The number of rotatable bonds is 7. The van der Waals surface area contributed by atoms with Crippen molar-refractivity contribution in [2.75, 3.05) is 30.0 Å². The predicted octanol–water partition coefficient (Wildman–Crippen LogP) is 3.62. The van der Waals surface area contributed by atoms with Crippen LogP contribution in [0.3, 0.4) is 0 Å². The van der Waals surface area contributed by atoms with Crippen LogP contribution >= 0.6 is 0 Å². The van der Waals surface area contributed by atoms with Gasteiger partial charge in [-0.2, -0.15) is 0 Å². The summed E-state index contributed by atoms with van der Waals surface area (Å²) in [5.74, 6) is 1.28. The fraction of sp³-hybridized carbons (Fsp3) is 0.333. The maximum absolute atomic E-state index is 12.1. The van der Waals surface area contributed by atoms with Crippen LogP contribution in [0.15, 0.2) is 48.5 Å². The Hall–Kier alpha value is -3.02. The van der Waals surface area contributed by atoms with E-state index in [1.54, 1.807) is 41.3 Å². The van der Waals surface area contributed by atoms with Crippen LogP contribution in [-0.4, -0.2) is 31.6 Å². The van der Waals surface area contributed by atoms with Gasteiger partial charge in [0.15, 0.2) is 6.61 Å². The van der Waals surface area contributed by atoms with E-state index in [0.29, 0.717) is 24.5 Å².